The number of thiophene rings is 1. The molecule has 20 heavy (non-hydrogen) atoms. The van der Waals surface area contributed by atoms with Crippen molar-refractivity contribution in [1.29, 1.82) is 0 Å². The number of hydrogen-bond acceptors (Lipinski definition) is 3. The Balaban J connectivity index is 1.83. The first-order chi connectivity index (χ1) is 9.70. The SMILES string of the molecule is Clc1cc2nc(-c3cc4c(s3)CCSC4)[nH]c2cc1Cl. The predicted octanol–water partition coefficient (Wildman–Crippen LogP) is 5.39. The monoisotopic (exact) mass is 340 g/mol. The highest BCUT2D eigenvalue weighted by molar-refractivity contribution is 7.98. The molecule has 1 aromatic carbocycles. The van der Waals surface area contributed by atoms with E-state index < -0.39 is 0 Å². The fourth-order valence-electron chi connectivity index (χ4n) is 2.39. The maximum absolute atomic E-state index is 6.05. The largest absolute Gasteiger partial charge is 0.337 e. The summed E-state index contributed by atoms with van der Waals surface area (Å²) in [5.41, 5.74) is 3.24. The molecule has 1 N–H and O–H groups in total. The zero-order valence-electron chi connectivity index (χ0n) is 10.4. The van der Waals surface area contributed by atoms with Crippen LogP contribution in [0.1, 0.15) is 10.4 Å². The lowest BCUT2D eigenvalue weighted by Gasteiger charge is -2.08. The van der Waals surface area contributed by atoms with Gasteiger partial charge in [0.2, 0.25) is 0 Å². The minimum absolute atomic E-state index is 0.541. The van der Waals surface area contributed by atoms with E-state index in [1.54, 1.807) is 0 Å². The first-order valence-corrected chi connectivity index (χ1v) is 8.98. The van der Waals surface area contributed by atoms with Crippen molar-refractivity contribution in [3.63, 3.8) is 0 Å². The van der Waals surface area contributed by atoms with Gasteiger partial charge < -0.3 is 4.98 Å². The van der Waals surface area contributed by atoms with E-state index in [2.05, 4.69) is 16.0 Å². The molecule has 0 atom stereocenters. The second kappa shape index (κ2) is 4.95. The highest BCUT2D eigenvalue weighted by Crippen LogP contribution is 2.37. The molecule has 2 nitrogen and oxygen atoms in total. The standard InChI is InChI=1S/C14H10Cl2N2S2/c15-8-4-10-11(5-9(8)16)18-14(17-10)13-3-7-6-19-2-1-12(7)20-13/h3-5H,1-2,6H2,(H,17,18). The van der Waals surface area contributed by atoms with Gasteiger partial charge in [-0.1, -0.05) is 23.2 Å². The Morgan fingerprint density at radius 2 is 2.00 bits per heavy atom. The Hall–Kier alpha value is -0.680. The second-order valence-electron chi connectivity index (χ2n) is 4.73. The molecule has 102 valence electrons. The minimum Gasteiger partial charge on any atom is -0.337 e. The number of hydrogen-bond donors (Lipinski definition) is 1. The third-order valence-electron chi connectivity index (χ3n) is 3.38. The molecule has 0 saturated carbocycles. The predicted molar refractivity (Wildman–Crippen MR) is 89.3 cm³/mol. The number of rotatable bonds is 1. The van der Waals surface area contributed by atoms with Crippen LogP contribution in [-0.2, 0) is 12.2 Å². The summed E-state index contributed by atoms with van der Waals surface area (Å²) in [5, 5.41) is 1.09. The number of halogens is 2. The lowest BCUT2D eigenvalue weighted by molar-refractivity contribution is 1.13. The molecule has 0 amide bonds. The Kier molecular flexibility index (Phi) is 3.22. The van der Waals surface area contributed by atoms with Gasteiger partial charge in [0.1, 0.15) is 5.82 Å². The molecule has 1 aliphatic heterocycles. The highest BCUT2D eigenvalue weighted by atomic mass is 35.5. The summed E-state index contributed by atoms with van der Waals surface area (Å²) in [6.45, 7) is 0. The summed E-state index contributed by atoms with van der Waals surface area (Å²) in [6.07, 6.45) is 1.17. The van der Waals surface area contributed by atoms with Crippen LogP contribution in [0.4, 0.5) is 0 Å². The third-order valence-corrected chi connectivity index (χ3v) is 6.36. The molecule has 0 fully saturated rings. The number of imidazole rings is 1. The van der Waals surface area contributed by atoms with E-state index in [9.17, 15) is 0 Å². The summed E-state index contributed by atoms with van der Waals surface area (Å²) in [7, 11) is 0. The highest BCUT2D eigenvalue weighted by Gasteiger charge is 2.16. The molecule has 0 bridgehead atoms. The summed E-state index contributed by atoms with van der Waals surface area (Å²) in [6, 6.07) is 5.90. The van der Waals surface area contributed by atoms with Crippen molar-refractivity contribution in [1.82, 2.24) is 9.97 Å². The van der Waals surface area contributed by atoms with Crippen molar-refractivity contribution in [2.24, 2.45) is 0 Å². The van der Waals surface area contributed by atoms with Crippen LogP contribution in [0.25, 0.3) is 21.7 Å². The molecule has 0 saturated heterocycles. The third kappa shape index (κ3) is 2.15. The number of aromatic amines is 1. The van der Waals surface area contributed by atoms with Gasteiger partial charge in [-0.3, -0.25) is 0 Å². The maximum Gasteiger partial charge on any atom is 0.148 e. The molecule has 0 unspecified atom stereocenters. The van der Waals surface area contributed by atoms with Crippen LogP contribution in [-0.4, -0.2) is 15.7 Å². The van der Waals surface area contributed by atoms with Crippen LogP contribution in [0, 0.1) is 0 Å². The van der Waals surface area contributed by atoms with E-state index in [1.165, 1.54) is 27.5 Å². The Morgan fingerprint density at radius 1 is 1.15 bits per heavy atom. The summed E-state index contributed by atoms with van der Waals surface area (Å²) in [5.74, 6) is 3.24. The van der Waals surface area contributed by atoms with Crippen molar-refractivity contribution in [3.05, 3.63) is 38.7 Å². The molecule has 0 radical (unpaired) electrons. The number of fused-ring (bicyclic) bond motifs is 2. The lowest BCUT2D eigenvalue weighted by Crippen LogP contribution is -1.96. The Labute approximate surface area is 134 Å². The molecule has 3 aromatic rings. The Bertz CT molecular complexity index is 744. The minimum atomic E-state index is 0.541. The molecule has 2 aromatic heterocycles. The van der Waals surface area contributed by atoms with Gasteiger partial charge in [-0.05, 0) is 35.9 Å². The number of thioether (sulfide) groups is 1. The van der Waals surface area contributed by atoms with E-state index in [-0.39, 0.29) is 0 Å². The van der Waals surface area contributed by atoms with Crippen LogP contribution in [0.5, 0.6) is 0 Å². The van der Waals surface area contributed by atoms with Crippen molar-refractivity contribution in [2.75, 3.05) is 5.75 Å². The fourth-order valence-corrected chi connectivity index (χ4v) is 5.02. The average Bonchev–Trinajstić information content (AvgIpc) is 3.02. The zero-order chi connectivity index (χ0) is 13.7. The van der Waals surface area contributed by atoms with Crippen LogP contribution in [0.3, 0.4) is 0 Å². The number of benzene rings is 1. The number of aryl methyl sites for hydroxylation is 1. The smallest absolute Gasteiger partial charge is 0.148 e. The maximum atomic E-state index is 6.05. The normalized spacial score (nSPS) is 14.7. The van der Waals surface area contributed by atoms with Crippen molar-refractivity contribution < 1.29 is 0 Å². The van der Waals surface area contributed by atoms with Crippen molar-refractivity contribution in [3.8, 4) is 10.7 Å². The number of nitrogens with one attached hydrogen (secondary N) is 1. The topological polar surface area (TPSA) is 28.7 Å². The molecule has 1 aliphatic rings. The van der Waals surface area contributed by atoms with Gasteiger partial charge in [0.15, 0.2) is 0 Å². The summed E-state index contributed by atoms with van der Waals surface area (Å²) < 4.78 is 0. The van der Waals surface area contributed by atoms with Gasteiger partial charge in [0, 0.05) is 10.6 Å². The van der Waals surface area contributed by atoms with Gasteiger partial charge in [-0.25, -0.2) is 4.98 Å². The van der Waals surface area contributed by atoms with Crippen molar-refractivity contribution in [2.45, 2.75) is 12.2 Å². The first-order valence-electron chi connectivity index (χ1n) is 6.25. The van der Waals surface area contributed by atoms with Gasteiger partial charge in [0.25, 0.3) is 0 Å². The molecule has 6 heteroatoms. The van der Waals surface area contributed by atoms with Gasteiger partial charge in [-0.2, -0.15) is 11.8 Å². The van der Waals surface area contributed by atoms with Crippen LogP contribution in [0.2, 0.25) is 10.0 Å². The van der Waals surface area contributed by atoms with Gasteiger partial charge >= 0.3 is 0 Å². The second-order valence-corrected chi connectivity index (χ2v) is 7.79. The fraction of sp³-hybridized carbons (Fsp3) is 0.214. The van der Waals surface area contributed by atoms with Crippen LogP contribution >= 0.6 is 46.3 Å². The van der Waals surface area contributed by atoms with Crippen LogP contribution < -0.4 is 0 Å². The van der Waals surface area contributed by atoms with E-state index in [0.29, 0.717) is 10.0 Å². The van der Waals surface area contributed by atoms with E-state index in [1.807, 2.05) is 35.2 Å². The molecule has 3 heterocycles. The first kappa shape index (κ1) is 13.0. The van der Waals surface area contributed by atoms with E-state index in [0.717, 1.165) is 22.6 Å². The van der Waals surface area contributed by atoms with Gasteiger partial charge in [-0.15, -0.1) is 11.3 Å². The quantitative estimate of drug-likeness (QED) is 0.643. The summed E-state index contributed by atoms with van der Waals surface area (Å²) in [4.78, 5) is 10.7. The number of aromatic nitrogens is 2. The van der Waals surface area contributed by atoms with E-state index >= 15 is 0 Å². The number of nitrogens with zero attached hydrogens (tertiary/aromatic N) is 1. The molecular formula is C14H10Cl2N2S2. The average molecular weight is 341 g/mol. The van der Waals surface area contributed by atoms with Crippen molar-refractivity contribution >= 4 is 57.3 Å². The van der Waals surface area contributed by atoms with Crippen LogP contribution in [0.15, 0.2) is 18.2 Å². The zero-order valence-corrected chi connectivity index (χ0v) is 13.5. The number of H-pyrrole nitrogens is 1. The van der Waals surface area contributed by atoms with E-state index in [4.69, 9.17) is 23.2 Å². The van der Waals surface area contributed by atoms with Gasteiger partial charge in [0.05, 0.1) is 26.0 Å². The molecule has 0 spiro atoms. The molecule has 0 aliphatic carbocycles. The summed E-state index contributed by atoms with van der Waals surface area (Å²) >= 11 is 15.9. The molecule has 4 rings (SSSR count). The lowest BCUT2D eigenvalue weighted by atomic mass is 10.2. The molecular weight excluding hydrogens is 331 g/mol. The Morgan fingerprint density at radius 3 is 2.85 bits per heavy atom.